The predicted octanol–water partition coefficient (Wildman–Crippen LogP) is 23.5. The van der Waals surface area contributed by atoms with E-state index in [1.54, 1.807) is 6.08 Å². The van der Waals surface area contributed by atoms with Crippen LogP contribution in [0.3, 0.4) is 0 Å². The van der Waals surface area contributed by atoms with E-state index < -0.39 is 26.6 Å². The van der Waals surface area contributed by atoms with Crippen LogP contribution in [0.5, 0.6) is 0 Å². The van der Waals surface area contributed by atoms with Gasteiger partial charge in [0.1, 0.15) is 13.2 Å². The van der Waals surface area contributed by atoms with Crippen molar-refractivity contribution in [3.8, 4) is 0 Å². The van der Waals surface area contributed by atoms with Crippen molar-refractivity contribution in [1.82, 2.24) is 5.32 Å². The molecule has 0 spiro atoms. The first-order chi connectivity index (χ1) is 41.5. The van der Waals surface area contributed by atoms with Crippen LogP contribution in [0.25, 0.3) is 0 Å². The van der Waals surface area contributed by atoms with E-state index in [9.17, 15) is 19.4 Å². The summed E-state index contributed by atoms with van der Waals surface area (Å²) in [7, 11) is 1.25. The smallest absolute Gasteiger partial charge is 0.268 e. The Balaban J connectivity index is 4.05. The van der Waals surface area contributed by atoms with E-state index in [0.717, 1.165) is 44.9 Å². The molecule has 0 rings (SSSR count). The fraction of sp³-hybridized carbons (Fsp3) is 0.882. The van der Waals surface area contributed by atoms with Gasteiger partial charge in [-0.05, 0) is 70.6 Å². The van der Waals surface area contributed by atoms with Crippen molar-refractivity contribution in [3.63, 3.8) is 0 Å². The summed E-state index contributed by atoms with van der Waals surface area (Å²) in [6.07, 6.45) is 91.3. The quantitative estimate of drug-likeness (QED) is 0.0272. The molecule has 0 heterocycles. The fourth-order valence-electron chi connectivity index (χ4n) is 11.4. The molecule has 3 unspecified atom stereocenters. The van der Waals surface area contributed by atoms with Crippen molar-refractivity contribution in [2.75, 3.05) is 40.9 Å². The number of amides is 1. The molecule has 9 heteroatoms. The number of aliphatic hydroxyl groups excluding tert-OH is 1. The number of hydrogen-bond donors (Lipinski definition) is 2. The molecule has 0 aromatic heterocycles. The van der Waals surface area contributed by atoms with Crippen LogP contribution >= 0.6 is 7.82 Å². The van der Waals surface area contributed by atoms with Crippen LogP contribution in [0.4, 0.5) is 0 Å². The first kappa shape index (κ1) is 83.5. The fourth-order valence-corrected chi connectivity index (χ4v) is 12.1. The van der Waals surface area contributed by atoms with Crippen LogP contribution in [-0.4, -0.2) is 68.5 Å². The van der Waals surface area contributed by atoms with E-state index in [-0.39, 0.29) is 12.5 Å². The number of carbonyl (C=O) groups excluding carboxylic acids is 1. The SMILES string of the molecule is CCCCCCCCCC/C=C\CCCCCCCCCCCCCCCCCCCCCCCC(=O)NC(COP(=O)([O-])OCC[N+](C)(C)C)C(O)/C=C/CC/C=C/CC/C=C/CCCCCCCCCCCCCCCCCCCCCC. The normalized spacial score (nSPS) is 13.8. The van der Waals surface area contributed by atoms with Gasteiger partial charge in [0.25, 0.3) is 7.82 Å². The second kappa shape index (κ2) is 66.9. The highest BCUT2D eigenvalue weighted by molar-refractivity contribution is 7.45. The average molecular weight is 1220 g/mol. The summed E-state index contributed by atoms with van der Waals surface area (Å²) in [5, 5.41) is 14.0. The van der Waals surface area contributed by atoms with Crippen LogP contribution < -0.4 is 10.2 Å². The number of likely N-dealkylation sites (N-methyl/N-ethyl adjacent to an activating group) is 1. The highest BCUT2D eigenvalue weighted by Crippen LogP contribution is 2.38. The lowest BCUT2D eigenvalue weighted by molar-refractivity contribution is -0.870. The lowest BCUT2D eigenvalue weighted by Gasteiger charge is -2.29. The maximum Gasteiger partial charge on any atom is 0.268 e. The summed E-state index contributed by atoms with van der Waals surface area (Å²) in [5.41, 5.74) is 0. The molecule has 0 bridgehead atoms. The zero-order valence-electron chi connectivity index (χ0n) is 57.6. The van der Waals surface area contributed by atoms with Crippen molar-refractivity contribution >= 4 is 13.7 Å². The van der Waals surface area contributed by atoms with E-state index in [2.05, 4.69) is 55.6 Å². The maximum absolute atomic E-state index is 13.0. The van der Waals surface area contributed by atoms with E-state index >= 15 is 0 Å². The summed E-state index contributed by atoms with van der Waals surface area (Å²) in [6, 6.07) is -0.911. The molecular weight excluding hydrogens is 1070 g/mol. The van der Waals surface area contributed by atoms with Gasteiger partial charge in [-0.1, -0.05) is 351 Å². The minimum absolute atomic E-state index is 0.00793. The second-order valence-electron chi connectivity index (χ2n) is 27.0. The van der Waals surface area contributed by atoms with Crippen LogP contribution in [0.15, 0.2) is 48.6 Å². The molecule has 0 aromatic rings. The topological polar surface area (TPSA) is 108 Å². The largest absolute Gasteiger partial charge is 0.756 e. The molecule has 0 aliphatic heterocycles. The number of allylic oxidation sites excluding steroid dienone is 7. The standard InChI is InChI=1S/C76H147N2O6P/c1-6-8-10-12-14-16-18-20-22-24-26-28-30-32-34-36-38-39-40-42-44-46-48-50-52-54-56-58-60-62-64-66-68-70-76(80)77-74(73-84-85(81,82)83-72-71-78(3,4)5)75(79)69-67-65-63-61-59-57-55-53-51-49-47-45-43-41-37-35-33-31-29-27-25-23-21-19-17-15-13-11-9-7-2/h24,26,51,53,59,61,67,69,74-75,79H,6-23,25,27-50,52,54-58,60,62-66,68,70-73H2,1-5H3,(H-,77,80,81,82)/b26-24-,53-51+,61-59+,69-67+. The zero-order valence-corrected chi connectivity index (χ0v) is 58.5. The van der Waals surface area contributed by atoms with Crippen LogP contribution in [0, 0.1) is 0 Å². The molecular formula is C76H147N2O6P. The number of hydrogen-bond acceptors (Lipinski definition) is 6. The molecule has 1 amide bonds. The molecule has 0 saturated carbocycles. The number of nitrogens with zero attached hydrogens (tertiary/aromatic N) is 1. The highest BCUT2D eigenvalue weighted by Gasteiger charge is 2.23. The average Bonchev–Trinajstić information content (AvgIpc) is 3.49. The van der Waals surface area contributed by atoms with Gasteiger partial charge in [-0.15, -0.1) is 0 Å². The van der Waals surface area contributed by atoms with Crippen LogP contribution in [0.2, 0.25) is 0 Å². The van der Waals surface area contributed by atoms with Crippen molar-refractivity contribution in [1.29, 1.82) is 0 Å². The Morgan fingerprint density at radius 2 is 0.659 bits per heavy atom. The van der Waals surface area contributed by atoms with Gasteiger partial charge in [-0.25, -0.2) is 0 Å². The first-order valence-corrected chi connectivity index (χ1v) is 39.0. The van der Waals surface area contributed by atoms with E-state index in [4.69, 9.17) is 9.05 Å². The Morgan fingerprint density at radius 3 is 0.953 bits per heavy atom. The van der Waals surface area contributed by atoms with Crippen molar-refractivity contribution in [2.24, 2.45) is 0 Å². The Kier molecular flexibility index (Phi) is 65.7. The molecule has 2 N–H and O–H groups in total. The van der Waals surface area contributed by atoms with Crippen molar-refractivity contribution in [3.05, 3.63) is 48.6 Å². The summed E-state index contributed by atoms with van der Waals surface area (Å²) in [5.74, 6) is -0.204. The van der Waals surface area contributed by atoms with Gasteiger partial charge in [0, 0.05) is 6.42 Å². The molecule has 85 heavy (non-hydrogen) atoms. The minimum atomic E-state index is -4.62. The van der Waals surface area contributed by atoms with E-state index in [1.165, 1.54) is 315 Å². The van der Waals surface area contributed by atoms with Crippen LogP contribution in [-0.2, 0) is 18.4 Å². The third kappa shape index (κ3) is 69.8. The number of carbonyl (C=O) groups is 1. The van der Waals surface area contributed by atoms with Gasteiger partial charge in [-0.3, -0.25) is 9.36 Å². The predicted molar refractivity (Wildman–Crippen MR) is 371 cm³/mol. The Labute approximate surface area is 530 Å². The molecule has 8 nitrogen and oxygen atoms in total. The third-order valence-electron chi connectivity index (χ3n) is 17.2. The second-order valence-corrected chi connectivity index (χ2v) is 28.4. The summed E-state index contributed by atoms with van der Waals surface area (Å²) in [4.78, 5) is 25.7. The number of phosphoric acid groups is 1. The van der Waals surface area contributed by atoms with Gasteiger partial charge in [0.05, 0.1) is 39.9 Å². The molecule has 0 aliphatic carbocycles. The minimum Gasteiger partial charge on any atom is -0.756 e. The van der Waals surface area contributed by atoms with Gasteiger partial charge >= 0.3 is 0 Å². The Hall–Kier alpha value is -1.54. The van der Waals surface area contributed by atoms with Gasteiger partial charge in [0.15, 0.2) is 0 Å². The van der Waals surface area contributed by atoms with Crippen molar-refractivity contribution in [2.45, 2.75) is 392 Å². The molecule has 0 radical (unpaired) electrons. The molecule has 3 atom stereocenters. The summed E-state index contributed by atoms with van der Waals surface area (Å²) < 4.78 is 23.5. The number of rotatable bonds is 70. The molecule has 502 valence electrons. The summed E-state index contributed by atoms with van der Waals surface area (Å²) in [6.45, 7) is 4.68. The lowest BCUT2D eigenvalue weighted by Crippen LogP contribution is -2.45. The molecule has 0 aliphatic rings. The number of unbranched alkanes of at least 4 members (excludes halogenated alkanes) is 51. The molecule has 0 fully saturated rings. The summed E-state index contributed by atoms with van der Waals surface area (Å²) >= 11 is 0. The maximum atomic E-state index is 13.0. The number of aliphatic hydroxyl groups is 1. The first-order valence-electron chi connectivity index (χ1n) is 37.5. The Bertz CT molecular complexity index is 1530. The number of phosphoric ester groups is 1. The van der Waals surface area contributed by atoms with E-state index in [1.807, 2.05) is 27.2 Å². The third-order valence-corrected chi connectivity index (χ3v) is 18.2. The number of quaternary nitrogens is 1. The van der Waals surface area contributed by atoms with Gasteiger partial charge < -0.3 is 28.8 Å². The van der Waals surface area contributed by atoms with Gasteiger partial charge in [0.2, 0.25) is 5.91 Å². The zero-order chi connectivity index (χ0) is 61.9. The molecule has 0 aromatic carbocycles. The lowest BCUT2D eigenvalue weighted by atomic mass is 10.0. The number of nitrogens with one attached hydrogen (secondary N) is 1. The van der Waals surface area contributed by atoms with Gasteiger partial charge in [-0.2, -0.15) is 0 Å². The monoisotopic (exact) mass is 1220 g/mol. The van der Waals surface area contributed by atoms with Crippen LogP contribution in [0.1, 0.15) is 380 Å². The Morgan fingerprint density at radius 1 is 0.400 bits per heavy atom. The van der Waals surface area contributed by atoms with E-state index in [0.29, 0.717) is 17.4 Å². The molecule has 0 saturated heterocycles. The highest BCUT2D eigenvalue weighted by atomic mass is 31.2. The van der Waals surface area contributed by atoms with Crippen molar-refractivity contribution < 1.29 is 32.9 Å².